The first kappa shape index (κ1) is 29.7. The van der Waals surface area contributed by atoms with E-state index in [1.165, 1.54) is 0 Å². The van der Waals surface area contributed by atoms with Crippen LogP contribution >= 0.6 is 0 Å². The van der Waals surface area contributed by atoms with Crippen molar-refractivity contribution >= 4 is 17.7 Å². The molecule has 9 heteroatoms. The number of ether oxygens (including phenoxy) is 3. The Kier molecular flexibility index (Phi) is 10.1. The second kappa shape index (κ2) is 13.9. The van der Waals surface area contributed by atoms with Gasteiger partial charge in [0.05, 0.1) is 14.2 Å². The molecule has 3 atom stereocenters. The third-order valence-corrected chi connectivity index (χ3v) is 9.54. The Labute approximate surface area is 244 Å². The highest BCUT2D eigenvalue weighted by molar-refractivity contribution is 5.78. The molecule has 3 fully saturated rings. The van der Waals surface area contributed by atoms with E-state index in [1.807, 2.05) is 6.07 Å². The van der Waals surface area contributed by atoms with Crippen LogP contribution in [-0.4, -0.2) is 87.2 Å². The molecule has 0 saturated carbocycles. The number of piperidine rings is 2. The van der Waals surface area contributed by atoms with Crippen molar-refractivity contribution in [3.63, 3.8) is 0 Å². The Balaban J connectivity index is 1.32. The van der Waals surface area contributed by atoms with Crippen LogP contribution in [0, 0.1) is 17.8 Å². The zero-order valence-corrected chi connectivity index (χ0v) is 24.8. The summed E-state index contributed by atoms with van der Waals surface area (Å²) in [5, 5.41) is 3.07. The molecular formula is C32H47N3O6. The predicted octanol–water partition coefficient (Wildman–Crippen LogP) is 3.36. The second-order valence-corrected chi connectivity index (χ2v) is 12.4. The van der Waals surface area contributed by atoms with E-state index in [4.69, 9.17) is 14.2 Å². The van der Waals surface area contributed by atoms with Gasteiger partial charge in [0.15, 0.2) is 11.5 Å². The quantitative estimate of drug-likeness (QED) is 0.598. The van der Waals surface area contributed by atoms with Crippen molar-refractivity contribution in [1.82, 2.24) is 15.1 Å². The molecule has 1 aromatic carbocycles. The molecule has 0 unspecified atom stereocenters. The van der Waals surface area contributed by atoms with Gasteiger partial charge in [0.2, 0.25) is 17.7 Å². The maximum atomic E-state index is 13.8. The summed E-state index contributed by atoms with van der Waals surface area (Å²) in [7, 11) is 3.28. The molecule has 1 N–H and O–H groups in total. The van der Waals surface area contributed by atoms with Crippen molar-refractivity contribution in [3.8, 4) is 11.5 Å². The van der Waals surface area contributed by atoms with Gasteiger partial charge in [0, 0.05) is 64.7 Å². The van der Waals surface area contributed by atoms with Gasteiger partial charge in [-0.15, -0.1) is 0 Å². The van der Waals surface area contributed by atoms with Crippen LogP contribution in [0.3, 0.4) is 0 Å². The van der Waals surface area contributed by atoms with Gasteiger partial charge in [0.25, 0.3) is 0 Å². The molecule has 4 heterocycles. The van der Waals surface area contributed by atoms with Gasteiger partial charge >= 0.3 is 0 Å². The normalized spacial score (nSPS) is 26.6. The van der Waals surface area contributed by atoms with Crippen LogP contribution in [0.25, 0.3) is 0 Å². The third kappa shape index (κ3) is 7.34. The lowest BCUT2D eigenvalue weighted by atomic mass is 9.77. The maximum Gasteiger partial charge on any atom is 0.223 e. The molecule has 0 aromatic heterocycles. The number of methoxy groups -OCH3 is 2. The highest BCUT2D eigenvalue weighted by Gasteiger charge is 2.43. The molecule has 9 nitrogen and oxygen atoms in total. The summed E-state index contributed by atoms with van der Waals surface area (Å²) in [4.78, 5) is 43.9. The third-order valence-electron chi connectivity index (χ3n) is 9.54. The maximum absolute atomic E-state index is 13.8. The van der Waals surface area contributed by atoms with E-state index >= 15 is 0 Å². The number of carbonyl (C=O) groups is 3. The molecule has 41 heavy (non-hydrogen) atoms. The average molecular weight is 570 g/mol. The number of amides is 3. The Bertz CT molecular complexity index is 1090. The van der Waals surface area contributed by atoms with Gasteiger partial charge in [-0.1, -0.05) is 6.07 Å². The van der Waals surface area contributed by atoms with Crippen molar-refractivity contribution in [2.24, 2.45) is 17.8 Å². The number of hydrogen-bond acceptors (Lipinski definition) is 6. The highest BCUT2D eigenvalue weighted by atomic mass is 16.5. The van der Waals surface area contributed by atoms with E-state index in [9.17, 15) is 14.4 Å². The molecule has 226 valence electrons. The van der Waals surface area contributed by atoms with Gasteiger partial charge < -0.3 is 29.3 Å². The minimum atomic E-state index is 0.0545. The summed E-state index contributed by atoms with van der Waals surface area (Å²) >= 11 is 0. The zero-order chi connectivity index (χ0) is 28.8. The van der Waals surface area contributed by atoms with Crippen molar-refractivity contribution in [2.75, 3.05) is 53.6 Å². The summed E-state index contributed by atoms with van der Waals surface area (Å²) in [5.41, 5.74) is 2.09. The van der Waals surface area contributed by atoms with Gasteiger partial charge in [-0.05, 0) is 86.3 Å². The van der Waals surface area contributed by atoms with Crippen LogP contribution in [0.1, 0.15) is 68.9 Å². The number of benzene rings is 1. The first-order valence-corrected chi connectivity index (χ1v) is 15.6. The number of rotatable bonds is 4. The number of carbonyl (C=O) groups excluding carboxylic acids is 3. The van der Waals surface area contributed by atoms with Crippen molar-refractivity contribution in [3.05, 3.63) is 23.3 Å². The lowest BCUT2D eigenvalue weighted by Gasteiger charge is -2.51. The molecule has 4 aliphatic heterocycles. The number of fused-ring (bicyclic) bond motifs is 6. The fraction of sp³-hybridized carbons (Fsp3) is 0.719. The number of aryl methyl sites for hydroxylation is 2. The van der Waals surface area contributed by atoms with Crippen LogP contribution in [0.5, 0.6) is 11.5 Å². The summed E-state index contributed by atoms with van der Waals surface area (Å²) in [6.07, 6.45) is 8.16. The molecular weight excluding hydrogens is 522 g/mol. The van der Waals surface area contributed by atoms with Crippen molar-refractivity contribution < 1.29 is 28.6 Å². The fourth-order valence-electron chi connectivity index (χ4n) is 7.43. The van der Waals surface area contributed by atoms with Crippen LogP contribution < -0.4 is 14.8 Å². The molecule has 0 spiro atoms. The SMILES string of the molecule is COc1cc2cc(c1OC)CCCNC(=O)CCC[C@H]1[C@@H]3C[C@@H](CN(C(=O)CC4CCOCC4)C3)CN1C(=O)CC2. The van der Waals surface area contributed by atoms with Crippen molar-refractivity contribution in [1.29, 1.82) is 0 Å². The summed E-state index contributed by atoms with van der Waals surface area (Å²) in [6.45, 7) is 4.23. The zero-order valence-electron chi connectivity index (χ0n) is 24.8. The Morgan fingerprint density at radius 3 is 2.59 bits per heavy atom. The largest absolute Gasteiger partial charge is 0.493 e. The van der Waals surface area contributed by atoms with Crippen molar-refractivity contribution in [2.45, 2.75) is 76.7 Å². The lowest BCUT2D eigenvalue weighted by Crippen LogP contribution is -2.60. The number of likely N-dealkylation sites (tertiary alicyclic amines) is 1. The van der Waals surface area contributed by atoms with Gasteiger partial charge in [-0.25, -0.2) is 0 Å². The molecule has 4 aliphatic rings. The van der Waals surface area contributed by atoms with E-state index in [0.29, 0.717) is 62.9 Å². The summed E-state index contributed by atoms with van der Waals surface area (Å²) in [5.74, 6) is 2.83. The molecule has 4 bridgehead atoms. The van der Waals surface area contributed by atoms with E-state index < -0.39 is 0 Å². The Hall–Kier alpha value is -2.81. The fourth-order valence-corrected chi connectivity index (χ4v) is 7.43. The second-order valence-electron chi connectivity index (χ2n) is 12.4. The van der Waals surface area contributed by atoms with Gasteiger partial charge in [-0.2, -0.15) is 0 Å². The van der Waals surface area contributed by atoms with Crippen LogP contribution in [-0.2, 0) is 32.0 Å². The monoisotopic (exact) mass is 569 g/mol. The highest BCUT2D eigenvalue weighted by Crippen LogP contribution is 2.38. The minimum Gasteiger partial charge on any atom is -0.493 e. The molecule has 1 aromatic rings. The number of hydrogen-bond donors (Lipinski definition) is 1. The summed E-state index contributed by atoms with van der Waals surface area (Å²) in [6, 6.07) is 4.15. The van der Waals surface area contributed by atoms with Crippen LogP contribution in [0.4, 0.5) is 0 Å². The Morgan fingerprint density at radius 2 is 1.80 bits per heavy atom. The van der Waals surface area contributed by atoms with Crippen LogP contribution in [0.15, 0.2) is 12.1 Å². The van der Waals surface area contributed by atoms with E-state index in [2.05, 4.69) is 21.2 Å². The van der Waals surface area contributed by atoms with Gasteiger partial charge in [0.1, 0.15) is 0 Å². The average Bonchev–Trinajstić information content (AvgIpc) is 2.98. The van der Waals surface area contributed by atoms with E-state index in [1.54, 1.807) is 14.2 Å². The standard InChI is InChI=1S/C32H47N3O6/c1-39-28-17-23-8-9-30(37)35-20-24-16-26(21-34(19-24)31(38)18-22-10-13-41-14-11-22)27(35)6-3-7-29(36)33-12-4-5-25(15-23)32(28)40-2/h15,17,22,24,26-27H,3-14,16,18-21H2,1-2H3,(H,33,36)/t24-,26+,27-/m0/s1. The Morgan fingerprint density at radius 1 is 0.976 bits per heavy atom. The first-order chi connectivity index (χ1) is 19.9. The molecule has 0 radical (unpaired) electrons. The topological polar surface area (TPSA) is 97.4 Å². The minimum absolute atomic E-state index is 0.0545. The molecule has 3 saturated heterocycles. The smallest absolute Gasteiger partial charge is 0.223 e. The number of nitrogens with one attached hydrogen (secondary N) is 1. The van der Waals surface area contributed by atoms with Gasteiger partial charge in [-0.3, -0.25) is 14.4 Å². The number of nitrogens with zero attached hydrogens (tertiary/aromatic N) is 2. The van der Waals surface area contributed by atoms with Crippen LogP contribution in [0.2, 0.25) is 0 Å². The van der Waals surface area contributed by atoms with E-state index in [0.717, 1.165) is 81.6 Å². The molecule has 0 aliphatic carbocycles. The first-order valence-electron chi connectivity index (χ1n) is 15.6. The predicted molar refractivity (Wildman–Crippen MR) is 155 cm³/mol. The molecule has 5 rings (SSSR count). The summed E-state index contributed by atoms with van der Waals surface area (Å²) < 4.78 is 16.8. The lowest BCUT2D eigenvalue weighted by molar-refractivity contribution is -0.146. The van der Waals surface area contributed by atoms with E-state index in [-0.39, 0.29) is 29.7 Å². The molecule has 3 amide bonds.